The van der Waals surface area contributed by atoms with Crippen LogP contribution in [0, 0.1) is 3.57 Å². The Kier molecular flexibility index (Phi) is 4.17. The molecule has 0 aliphatic carbocycles. The third-order valence-corrected chi connectivity index (χ3v) is 3.57. The molecule has 0 saturated heterocycles. The smallest absolute Gasteiger partial charge is 0.300 e. The first-order valence-electron chi connectivity index (χ1n) is 5.94. The number of halogens is 1. The summed E-state index contributed by atoms with van der Waals surface area (Å²) in [6.45, 7) is 5.11. The summed E-state index contributed by atoms with van der Waals surface area (Å²) < 4.78 is 4.89. The topological polar surface area (TPSA) is 74.7 Å². The molecule has 0 amide bonds. The highest BCUT2D eigenvalue weighted by Gasteiger charge is 2.12. The van der Waals surface area contributed by atoms with Gasteiger partial charge in [-0.3, -0.25) is 13.9 Å². The Labute approximate surface area is 123 Å². The Hall–Kier alpha value is -1.45. The van der Waals surface area contributed by atoms with Gasteiger partial charge < -0.3 is 0 Å². The number of aryl methyl sites for hydroxylation is 2. The van der Waals surface area contributed by atoms with Crippen LogP contribution in [0.25, 0.3) is 0 Å². The Balaban J connectivity index is 2.54. The summed E-state index contributed by atoms with van der Waals surface area (Å²) >= 11 is 1.94. The second kappa shape index (κ2) is 5.68. The number of nitrogens with zero attached hydrogens (tertiary/aromatic N) is 5. The summed E-state index contributed by atoms with van der Waals surface area (Å²) in [6, 6.07) is 0. The van der Waals surface area contributed by atoms with Crippen LogP contribution in [0.3, 0.4) is 0 Å². The molecule has 19 heavy (non-hydrogen) atoms. The maximum atomic E-state index is 12.2. The second-order valence-corrected chi connectivity index (χ2v) is 5.09. The zero-order chi connectivity index (χ0) is 14.0. The van der Waals surface area contributed by atoms with Gasteiger partial charge in [0.2, 0.25) is 0 Å². The first kappa shape index (κ1) is 14.0. The molecule has 2 heterocycles. The van der Waals surface area contributed by atoms with Gasteiger partial charge in [-0.2, -0.15) is 5.10 Å². The standard InChI is InChI=1S/C11H14IN5O2/c1-3-15-5-8(12)10(18)16(11(15)19)6-9-13-7-14-17(9)4-2/h5,7H,3-4,6H2,1-2H3. The van der Waals surface area contributed by atoms with Crippen molar-refractivity contribution in [3.8, 4) is 0 Å². The molecule has 2 aromatic rings. The van der Waals surface area contributed by atoms with Crippen molar-refractivity contribution in [2.75, 3.05) is 0 Å². The summed E-state index contributed by atoms with van der Waals surface area (Å²) in [5.41, 5.74) is -0.612. The van der Waals surface area contributed by atoms with Gasteiger partial charge in [-0.25, -0.2) is 14.5 Å². The van der Waals surface area contributed by atoms with Crippen molar-refractivity contribution < 1.29 is 0 Å². The third-order valence-electron chi connectivity index (χ3n) is 2.83. The van der Waals surface area contributed by atoms with Gasteiger partial charge in [0.15, 0.2) is 0 Å². The van der Waals surface area contributed by atoms with E-state index in [9.17, 15) is 9.59 Å². The Bertz CT molecular complexity index is 700. The second-order valence-electron chi connectivity index (χ2n) is 3.93. The van der Waals surface area contributed by atoms with E-state index in [-0.39, 0.29) is 17.8 Å². The molecule has 7 nitrogen and oxygen atoms in total. The van der Waals surface area contributed by atoms with Crippen molar-refractivity contribution in [1.29, 1.82) is 0 Å². The Morgan fingerprint density at radius 2 is 2.00 bits per heavy atom. The quantitative estimate of drug-likeness (QED) is 0.721. The third kappa shape index (κ3) is 2.62. The lowest BCUT2D eigenvalue weighted by Crippen LogP contribution is -2.41. The van der Waals surface area contributed by atoms with Crippen LogP contribution in [0.1, 0.15) is 19.7 Å². The largest absolute Gasteiger partial charge is 0.331 e. The number of rotatable bonds is 4. The van der Waals surface area contributed by atoms with Gasteiger partial charge in [0.05, 0.1) is 10.1 Å². The van der Waals surface area contributed by atoms with Gasteiger partial charge in [-0.15, -0.1) is 0 Å². The fourth-order valence-electron chi connectivity index (χ4n) is 1.80. The Morgan fingerprint density at radius 1 is 1.26 bits per heavy atom. The molecule has 0 spiro atoms. The van der Waals surface area contributed by atoms with Crippen LogP contribution >= 0.6 is 22.6 Å². The fraction of sp³-hybridized carbons (Fsp3) is 0.455. The highest BCUT2D eigenvalue weighted by molar-refractivity contribution is 14.1. The molecule has 0 fully saturated rings. The van der Waals surface area contributed by atoms with Crippen molar-refractivity contribution in [2.24, 2.45) is 0 Å². The predicted molar refractivity (Wildman–Crippen MR) is 78.2 cm³/mol. The SMILES string of the molecule is CCn1ncnc1Cn1c(=O)c(I)cn(CC)c1=O. The van der Waals surface area contributed by atoms with E-state index in [0.717, 1.165) is 0 Å². The van der Waals surface area contributed by atoms with E-state index in [1.54, 1.807) is 10.9 Å². The van der Waals surface area contributed by atoms with Crippen LogP contribution in [0.4, 0.5) is 0 Å². The van der Waals surface area contributed by atoms with Crippen LogP contribution in [-0.2, 0) is 19.6 Å². The molecular formula is C11H14IN5O2. The molecule has 0 unspecified atom stereocenters. The molecule has 102 valence electrons. The predicted octanol–water partition coefficient (Wildman–Crippen LogP) is 0.294. The summed E-state index contributed by atoms with van der Waals surface area (Å²) in [7, 11) is 0. The van der Waals surface area contributed by atoms with Gasteiger partial charge in [0, 0.05) is 19.3 Å². The summed E-state index contributed by atoms with van der Waals surface area (Å²) in [5.74, 6) is 0.603. The molecule has 0 atom stereocenters. The summed E-state index contributed by atoms with van der Waals surface area (Å²) in [5, 5.41) is 4.03. The fourth-order valence-corrected chi connectivity index (χ4v) is 2.43. The molecule has 0 saturated carbocycles. The van der Waals surface area contributed by atoms with Crippen LogP contribution in [0.5, 0.6) is 0 Å². The minimum atomic E-state index is -0.321. The normalized spacial score (nSPS) is 10.9. The lowest BCUT2D eigenvalue weighted by Gasteiger charge is -2.09. The van der Waals surface area contributed by atoms with Crippen LogP contribution in [-0.4, -0.2) is 23.9 Å². The van der Waals surface area contributed by atoms with Gasteiger partial charge in [-0.1, -0.05) is 0 Å². The maximum absolute atomic E-state index is 12.2. The molecule has 0 N–H and O–H groups in total. The van der Waals surface area contributed by atoms with Crippen molar-refractivity contribution in [3.05, 3.63) is 42.8 Å². The first-order chi connectivity index (χ1) is 9.08. The van der Waals surface area contributed by atoms with Gasteiger partial charge in [0.1, 0.15) is 12.2 Å². The highest BCUT2D eigenvalue weighted by atomic mass is 127. The first-order valence-corrected chi connectivity index (χ1v) is 7.02. The van der Waals surface area contributed by atoms with E-state index < -0.39 is 0 Å². The van der Waals surface area contributed by atoms with Gasteiger partial charge in [0.25, 0.3) is 5.56 Å². The van der Waals surface area contributed by atoms with Crippen molar-refractivity contribution in [3.63, 3.8) is 0 Å². The van der Waals surface area contributed by atoms with Crippen molar-refractivity contribution in [2.45, 2.75) is 33.5 Å². The van der Waals surface area contributed by atoms with Gasteiger partial charge >= 0.3 is 5.69 Å². The van der Waals surface area contributed by atoms with Crippen LogP contribution < -0.4 is 11.2 Å². The molecule has 2 aromatic heterocycles. The molecule has 0 aliphatic rings. The van der Waals surface area contributed by atoms with E-state index in [4.69, 9.17) is 0 Å². The highest BCUT2D eigenvalue weighted by Crippen LogP contribution is 1.98. The van der Waals surface area contributed by atoms with E-state index in [1.807, 2.05) is 36.4 Å². The molecule has 8 heteroatoms. The lowest BCUT2D eigenvalue weighted by atomic mass is 10.5. The van der Waals surface area contributed by atoms with Crippen molar-refractivity contribution >= 4 is 22.6 Å². The molecule has 0 bridgehead atoms. The molecule has 0 aromatic carbocycles. The zero-order valence-corrected chi connectivity index (χ0v) is 12.9. The average molecular weight is 375 g/mol. The summed E-state index contributed by atoms with van der Waals surface area (Å²) in [4.78, 5) is 28.3. The van der Waals surface area contributed by atoms with E-state index in [2.05, 4.69) is 10.1 Å². The summed E-state index contributed by atoms with van der Waals surface area (Å²) in [6.07, 6.45) is 3.00. The van der Waals surface area contributed by atoms with Crippen molar-refractivity contribution in [1.82, 2.24) is 23.9 Å². The average Bonchev–Trinajstić information content (AvgIpc) is 2.86. The van der Waals surface area contributed by atoms with E-state index in [1.165, 1.54) is 15.5 Å². The minimum Gasteiger partial charge on any atom is -0.300 e. The zero-order valence-electron chi connectivity index (χ0n) is 10.7. The molecule has 2 rings (SSSR count). The molecular weight excluding hydrogens is 361 g/mol. The number of hydrogen-bond donors (Lipinski definition) is 0. The van der Waals surface area contributed by atoms with Crippen LogP contribution in [0.2, 0.25) is 0 Å². The molecule has 0 aliphatic heterocycles. The van der Waals surface area contributed by atoms with Crippen LogP contribution in [0.15, 0.2) is 22.1 Å². The monoisotopic (exact) mass is 375 g/mol. The minimum absolute atomic E-state index is 0.141. The van der Waals surface area contributed by atoms with Gasteiger partial charge in [-0.05, 0) is 36.4 Å². The maximum Gasteiger partial charge on any atom is 0.331 e. The number of hydrogen-bond acceptors (Lipinski definition) is 4. The number of aromatic nitrogens is 5. The Morgan fingerprint density at radius 3 is 2.63 bits per heavy atom. The van der Waals surface area contributed by atoms with E-state index in [0.29, 0.717) is 22.5 Å². The lowest BCUT2D eigenvalue weighted by molar-refractivity contribution is 0.545. The van der Waals surface area contributed by atoms with E-state index >= 15 is 0 Å². The molecule has 0 radical (unpaired) electrons.